The Balaban J connectivity index is 2.42. The number of alkyl halides is 2. The van der Waals surface area contributed by atoms with Gasteiger partial charge in [-0.15, -0.1) is 6.58 Å². The summed E-state index contributed by atoms with van der Waals surface area (Å²) in [6.07, 6.45) is 6.87. The topological polar surface area (TPSA) is 29.5 Å². The van der Waals surface area contributed by atoms with Crippen LogP contribution in [-0.2, 0) is 9.09 Å². The van der Waals surface area contributed by atoms with Gasteiger partial charge in [-0.1, -0.05) is 18.9 Å². The van der Waals surface area contributed by atoms with Gasteiger partial charge in [0.25, 0.3) is 13.4 Å². The van der Waals surface area contributed by atoms with Crippen molar-refractivity contribution in [1.82, 2.24) is 4.67 Å². The van der Waals surface area contributed by atoms with E-state index in [9.17, 15) is 13.3 Å². The second-order valence-electron chi connectivity index (χ2n) is 5.26. The van der Waals surface area contributed by atoms with Crippen LogP contribution in [0.4, 0.5) is 8.78 Å². The quantitative estimate of drug-likeness (QED) is 0.333. The van der Waals surface area contributed by atoms with Crippen LogP contribution in [0.25, 0.3) is 0 Å². The average Bonchev–Trinajstić information content (AvgIpc) is 2.75. The lowest BCUT2D eigenvalue weighted by Gasteiger charge is -2.27. The van der Waals surface area contributed by atoms with Crippen molar-refractivity contribution in [3.05, 3.63) is 12.7 Å². The van der Waals surface area contributed by atoms with Crippen molar-refractivity contribution in [3.8, 4) is 0 Å². The van der Waals surface area contributed by atoms with E-state index in [2.05, 4.69) is 6.58 Å². The van der Waals surface area contributed by atoms with E-state index in [1.54, 1.807) is 6.92 Å². The number of nitrogens with zero attached hydrogens (tertiary/aromatic N) is 1. The molecule has 0 aromatic carbocycles. The van der Waals surface area contributed by atoms with E-state index in [1.165, 1.54) is 4.67 Å². The summed E-state index contributed by atoms with van der Waals surface area (Å²) in [5.74, 6) is -2.73. The molecule has 0 spiro atoms. The molecular weight excluding hydrogens is 283 g/mol. The molecule has 1 atom stereocenters. The smallest absolute Gasteiger partial charge is 0.272 e. The molecule has 6 heteroatoms. The largest absolute Gasteiger partial charge is 0.318 e. The Morgan fingerprint density at radius 3 is 2.60 bits per heavy atom. The highest BCUT2D eigenvalue weighted by Gasteiger charge is 2.45. The third-order valence-electron chi connectivity index (χ3n) is 3.51. The minimum Gasteiger partial charge on any atom is -0.318 e. The van der Waals surface area contributed by atoms with Gasteiger partial charge in [-0.25, -0.2) is 13.5 Å². The van der Waals surface area contributed by atoms with Crippen LogP contribution in [0.3, 0.4) is 0 Å². The summed E-state index contributed by atoms with van der Waals surface area (Å²) in [6.45, 7) is 5.46. The highest BCUT2D eigenvalue weighted by atomic mass is 31.2. The summed E-state index contributed by atoms with van der Waals surface area (Å²) in [5.41, 5.74) is 0. The molecule has 20 heavy (non-hydrogen) atoms. The Bertz CT molecular complexity index is 350. The Kier molecular flexibility index (Phi) is 7.35. The van der Waals surface area contributed by atoms with Crippen molar-refractivity contribution in [3.63, 3.8) is 0 Å². The SMILES string of the molecule is C=CCCCCCCP(=O)(OCC)N1CCC(F)(F)C1. The van der Waals surface area contributed by atoms with Gasteiger partial charge >= 0.3 is 0 Å². The molecule has 1 fully saturated rings. The van der Waals surface area contributed by atoms with Crippen LogP contribution in [0.1, 0.15) is 45.4 Å². The van der Waals surface area contributed by atoms with Crippen molar-refractivity contribution in [2.75, 3.05) is 25.9 Å². The first-order valence-corrected chi connectivity index (χ1v) is 9.17. The third kappa shape index (κ3) is 5.63. The Morgan fingerprint density at radius 2 is 2.05 bits per heavy atom. The van der Waals surface area contributed by atoms with Crippen LogP contribution in [0.5, 0.6) is 0 Å². The normalized spacial score (nSPS) is 21.8. The van der Waals surface area contributed by atoms with Crippen LogP contribution >= 0.6 is 7.52 Å². The van der Waals surface area contributed by atoms with Crippen LogP contribution < -0.4 is 0 Å². The summed E-state index contributed by atoms with van der Waals surface area (Å²) in [5, 5.41) is 0. The lowest BCUT2D eigenvalue weighted by Crippen LogP contribution is -2.25. The van der Waals surface area contributed by atoms with E-state index in [1.807, 2.05) is 6.08 Å². The summed E-state index contributed by atoms with van der Waals surface area (Å²) < 4.78 is 46.0. The fraction of sp³-hybridized carbons (Fsp3) is 0.857. The van der Waals surface area contributed by atoms with Crippen molar-refractivity contribution in [2.45, 2.75) is 51.4 Å². The highest BCUT2D eigenvalue weighted by molar-refractivity contribution is 7.56. The first-order valence-electron chi connectivity index (χ1n) is 7.41. The van der Waals surface area contributed by atoms with Gasteiger partial charge in [0.2, 0.25) is 0 Å². The third-order valence-corrected chi connectivity index (χ3v) is 6.26. The highest BCUT2D eigenvalue weighted by Crippen LogP contribution is 2.54. The molecule has 3 nitrogen and oxygen atoms in total. The second kappa shape index (κ2) is 8.26. The maximum Gasteiger partial charge on any atom is 0.272 e. The molecule has 1 heterocycles. The molecule has 0 aromatic rings. The average molecular weight is 309 g/mol. The molecule has 0 aromatic heterocycles. The van der Waals surface area contributed by atoms with Gasteiger partial charge in [-0.3, -0.25) is 4.57 Å². The van der Waals surface area contributed by atoms with Crippen molar-refractivity contribution < 1.29 is 17.9 Å². The molecule has 1 rings (SSSR count). The van der Waals surface area contributed by atoms with Crippen molar-refractivity contribution in [2.24, 2.45) is 0 Å². The number of rotatable bonds is 10. The Morgan fingerprint density at radius 1 is 1.35 bits per heavy atom. The monoisotopic (exact) mass is 309 g/mol. The number of allylic oxidation sites excluding steroid dienone is 1. The van der Waals surface area contributed by atoms with Gasteiger partial charge in [0, 0.05) is 19.1 Å². The molecule has 0 amide bonds. The van der Waals surface area contributed by atoms with Crippen LogP contribution in [0, 0.1) is 0 Å². The zero-order chi connectivity index (χ0) is 15.1. The fourth-order valence-corrected chi connectivity index (χ4v) is 4.85. The van der Waals surface area contributed by atoms with E-state index >= 15 is 0 Å². The molecular formula is C14H26F2NO2P. The number of halogens is 2. The van der Waals surface area contributed by atoms with Gasteiger partial charge in [0.1, 0.15) is 0 Å². The zero-order valence-corrected chi connectivity index (χ0v) is 13.2. The summed E-state index contributed by atoms with van der Waals surface area (Å²) >= 11 is 0. The summed E-state index contributed by atoms with van der Waals surface area (Å²) in [7, 11) is -3.07. The maximum absolute atomic E-state index is 13.3. The minimum absolute atomic E-state index is 0.167. The molecule has 1 unspecified atom stereocenters. The first kappa shape index (κ1) is 17.8. The predicted molar refractivity (Wildman–Crippen MR) is 78.5 cm³/mol. The van der Waals surface area contributed by atoms with E-state index in [0.717, 1.165) is 32.1 Å². The molecule has 0 radical (unpaired) electrons. The molecule has 1 aliphatic rings. The molecule has 1 aliphatic heterocycles. The molecule has 0 aliphatic carbocycles. The number of hydrogen-bond acceptors (Lipinski definition) is 2. The standard InChI is InChI=1S/C14H26F2NO2P/c1-3-5-6-7-8-9-12-20(18,19-4-2)17-11-10-14(15,16)13-17/h3H,1,4-13H2,2H3. The second-order valence-corrected chi connectivity index (χ2v) is 7.81. The van der Waals surface area contributed by atoms with Crippen LogP contribution in [-0.4, -0.2) is 36.5 Å². The van der Waals surface area contributed by atoms with E-state index in [-0.39, 0.29) is 13.0 Å². The minimum atomic E-state index is -3.07. The van der Waals surface area contributed by atoms with E-state index in [4.69, 9.17) is 4.52 Å². The van der Waals surface area contributed by atoms with Gasteiger partial charge in [0.05, 0.1) is 13.2 Å². The van der Waals surface area contributed by atoms with Crippen molar-refractivity contribution >= 4 is 7.52 Å². The first-order chi connectivity index (χ1) is 9.43. The molecule has 0 bridgehead atoms. The Labute approximate surface area is 120 Å². The molecule has 118 valence electrons. The summed E-state index contributed by atoms with van der Waals surface area (Å²) in [4.78, 5) is 0. The van der Waals surface area contributed by atoms with E-state index < -0.39 is 20.0 Å². The van der Waals surface area contributed by atoms with Crippen LogP contribution in [0.15, 0.2) is 12.7 Å². The van der Waals surface area contributed by atoms with E-state index in [0.29, 0.717) is 12.8 Å². The van der Waals surface area contributed by atoms with Gasteiger partial charge < -0.3 is 4.52 Å². The predicted octanol–water partition coefficient (Wildman–Crippen LogP) is 4.69. The lowest BCUT2D eigenvalue weighted by atomic mass is 10.2. The zero-order valence-electron chi connectivity index (χ0n) is 12.3. The Hall–Kier alpha value is -0.250. The summed E-state index contributed by atoms with van der Waals surface area (Å²) in [6, 6.07) is 0. The van der Waals surface area contributed by atoms with Gasteiger partial charge in [0.15, 0.2) is 0 Å². The fourth-order valence-electron chi connectivity index (χ4n) is 2.42. The maximum atomic E-state index is 13.3. The number of unbranched alkanes of at least 4 members (excludes halogenated alkanes) is 4. The van der Waals surface area contributed by atoms with Crippen LogP contribution in [0.2, 0.25) is 0 Å². The molecule has 1 saturated heterocycles. The molecule has 0 saturated carbocycles. The molecule has 0 N–H and O–H groups in total. The lowest BCUT2D eigenvalue weighted by molar-refractivity contribution is 0.0172. The van der Waals surface area contributed by atoms with Gasteiger partial charge in [-0.2, -0.15) is 0 Å². The van der Waals surface area contributed by atoms with Gasteiger partial charge in [-0.05, 0) is 26.2 Å². The van der Waals surface area contributed by atoms with Crippen molar-refractivity contribution in [1.29, 1.82) is 0 Å². The number of hydrogen-bond donors (Lipinski definition) is 0.